The molecule has 0 saturated carbocycles. The van der Waals surface area contributed by atoms with E-state index in [2.05, 4.69) is 10.4 Å². The van der Waals surface area contributed by atoms with Gasteiger partial charge in [-0.1, -0.05) is 65.1 Å². The lowest BCUT2D eigenvalue weighted by molar-refractivity contribution is 0.102. The number of methoxy groups -OCH3 is 1. The number of nitrogens with zero attached hydrogens (tertiary/aromatic N) is 2. The molecule has 0 aliphatic rings. The summed E-state index contributed by atoms with van der Waals surface area (Å²) in [4.78, 5) is 12.8. The quantitative estimate of drug-likeness (QED) is 0.282. The van der Waals surface area contributed by atoms with Gasteiger partial charge in [-0.15, -0.1) is 0 Å². The Morgan fingerprint density at radius 1 is 0.912 bits per heavy atom. The van der Waals surface area contributed by atoms with Crippen LogP contribution in [0.5, 0.6) is 11.5 Å². The van der Waals surface area contributed by atoms with Crippen LogP contribution in [0.25, 0.3) is 0 Å². The summed E-state index contributed by atoms with van der Waals surface area (Å²) in [7, 11) is 1.59. The van der Waals surface area contributed by atoms with Crippen LogP contribution >= 0.6 is 34.8 Å². The van der Waals surface area contributed by atoms with Crippen molar-refractivity contribution in [2.45, 2.75) is 13.2 Å². The molecule has 4 rings (SSSR count). The minimum absolute atomic E-state index is 0.266. The van der Waals surface area contributed by atoms with Crippen LogP contribution in [-0.4, -0.2) is 22.8 Å². The summed E-state index contributed by atoms with van der Waals surface area (Å²) in [6, 6.07) is 19.9. The highest BCUT2D eigenvalue weighted by atomic mass is 35.5. The second-order valence-corrected chi connectivity index (χ2v) is 8.59. The van der Waals surface area contributed by atoms with Crippen molar-refractivity contribution < 1.29 is 14.3 Å². The van der Waals surface area contributed by atoms with E-state index in [1.807, 2.05) is 36.4 Å². The van der Waals surface area contributed by atoms with Crippen molar-refractivity contribution >= 4 is 46.5 Å². The van der Waals surface area contributed by atoms with Gasteiger partial charge in [0, 0.05) is 11.8 Å². The molecule has 0 atom stereocenters. The zero-order valence-electron chi connectivity index (χ0n) is 18.1. The summed E-state index contributed by atoms with van der Waals surface area (Å²) in [6.45, 7) is 0.697. The summed E-state index contributed by atoms with van der Waals surface area (Å²) in [5.74, 6) is 1.20. The van der Waals surface area contributed by atoms with Gasteiger partial charge >= 0.3 is 0 Å². The standard InChI is InChI=1S/C25H20Cl3N3O3/c1-33-22-7-2-3-8-23(22)34-15-17-5-4-6-18(11-17)25(32)29-24-21(28)14-31(30-24)13-16-9-10-19(26)20(27)12-16/h2-12,14H,13,15H2,1H3,(H,29,30,32). The molecule has 0 aliphatic carbocycles. The van der Waals surface area contributed by atoms with Crippen LogP contribution in [0.15, 0.2) is 72.9 Å². The van der Waals surface area contributed by atoms with Gasteiger partial charge in [0.1, 0.15) is 11.6 Å². The zero-order valence-corrected chi connectivity index (χ0v) is 20.4. The fourth-order valence-corrected chi connectivity index (χ4v) is 3.79. The van der Waals surface area contributed by atoms with Gasteiger partial charge in [-0.3, -0.25) is 9.48 Å². The number of benzene rings is 3. The third kappa shape index (κ3) is 5.83. The van der Waals surface area contributed by atoms with Gasteiger partial charge in [0.2, 0.25) is 0 Å². The Balaban J connectivity index is 1.42. The number of nitrogens with one attached hydrogen (secondary N) is 1. The van der Waals surface area contributed by atoms with E-state index in [9.17, 15) is 4.79 Å². The molecule has 1 aromatic heterocycles. The van der Waals surface area contributed by atoms with Crippen molar-refractivity contribution in [2.24, 2.45) is 0 Å². The van der Waals surface area contributed by atoms with Gasteiger partial charge in [-0.05, 0) is 47.5 Å². The largest absolute Gasteiger partial charge is 0.493 e. The molecule has 34 heavy (non-hydrogen) atoms. The fraction of sp³-hybridized carbons (Fsp3) is 0.120. The number of para-hydroxylation sites is 2. The molecule has 1 amide bonds. The number of rotatable bonds is 8. The summed E-state index contributed by atoms with van der Waals surface area (Å²) in [6.07, 6.45) is 1.64. The molecule has 0 bridgehead atoms. The van der Waals surface area contributed by atoms with Crippen molar-refractivity contribution in [1.82, 2.24) is 9.78 Å². The number of aromatic nitrogens is 2. The first kappa shape index (κ1) is 24.0. The number of halogens is 3. The molecule has 174 valence electrons. The lowest BCUT2D eigenvalue weighted by atomic mass is 10.1. The first-order valence-electron chi connectivity index (χ1n) is 10.3. The predicted molar refractivity (Wildman–Crippen MR) is 135 cm³/mol. The molecule has 9 heteroatoms. The average Bonchev–Trinajstić information content (AvgIpc) is 3.18. The maximum atomic E-state index is 12.8. The molecular weight excluding hydrogens is 497 g/mol. The van der Waals surface area contributed by atoms with Crippen molar-refractivity contribution in [3.05, 3.63) is 105 Å². The third-order valence-corrected chi connectivity index (χ3v) is 5.95. The molecule has 1 N–H and O–H groups in total. The molecule has 1 heterocycles. The fourth-order valence-electron chi connectivity index (χ4n) is 3.27. The second-order valence-electron chi connectivity index (χ2n) is 7.37. The van der Waals surface area contributed by atoms with Gasteiger partial charge in [0.25, 0.3) is 5.91 Å². The highest BCUT2D eigenvalue weighted by molar-refractivity contribution is 6.42. The molecule has 3 aromatic carbocycles. The summed E-state index contributed by atoms with van der Waals surface area (Å²) >= 11 is 18.3. The first-order valence-corrected chi connectivity index (χ1v) is 11.4. The number of hydrogen-bond acceptors (Lipinski definition) is 4. The Bertz CT molecular complexity index is 1320. The van der Waals surface area contributed by atoms with E-state index >= 15 is 0 Å². The summed E-state index contributed by atoms with van der Waals surface area (Å²) in [5.41, 5.74) is 2.18. The van der Waals surface area contributed by atoms with Crippen LogP contribution in [0.4, 0.5) is 5.82 Å². The Hall–Kier alpha value is -3.19. The summed E-state index contributed by atoms with van der Waals surface area (Å²) < 4.78 is 12.8. The van der Waals surface area contributed by atoms with Crippen LogP contribution in [0.1, 0.15) is 21.5 Å². The molecule has 0 fully saturated rings. The summed E-state index contributed by atoms with van der Waals surface area (Å²) in [5, 5.41) is 8.40. The van der Waals surface area contributed by atoms with E-state index < -0.39 is 0 Å². The topological polar surface area (TPSA) is 65.4 Å². The molecular formula is C25H20Cl3N3O3. The van der Waals surface area contributed by atoms with Crippen LogP contribution in [0.2, 0.25) is 15.1 Å². The van der Waals surface area contributed by atoms with Crippen LogP contribution in [0, 0.1) is 0 Å². The number of carbonyl (C=O) groups is 1. The van der Waals surface area contributed by atoms with Crippen molar-refractivity contribution in [3.8, 4) is 11.5 Å². The van der Waals surface area contributed by atoms with Crippen LogP contribution < -0.4 is 14.8 Å². The highest BCUT2D eigenvalue weighted by Gasteiger charge is 2.14. The first-order chi connectivity index (χ1) is 16.4. The van der Waals surface area contributed by atoms with E-state index in [0.29, 0.717) is 38.7 Å². The van der Waals surface area contributed by atoms with E-state index in [1.54, 1.807) is 48.3 Å². The van der Waals surface area contributed by atoms with Crippen molar-refractivity contribution in [2.75, 3.05) is 12.4 Å². The zero-order chi connectivity index (χ0) is 24.1. The van der Waals surface area contributed by atoms with Crippen LogP contribution in [0.3, 0.4) is 0 Å². The minimum Gasteiger partial charge on any atom is -0.493 e. The normalized spacial score (nSPS) is 10.7. The maximum absolute atomic E-state index is 12.8. The van der Waals surface area contributed by atoms with Gasteiger partial charge in [0.05, 0.1) is 23.7 Å². The third-order valence-electron chi connectivity index (χ3n) is 4.93. The maximum Gasteiger partial charge on any atom is 0.256 e. The van der Waals surface area contributed by atoms with Gasteiger partial charge in [-0.2, -0.15) is 5.10 Å². The Morgan fingerprint density at radius 3 is 2.47 bits per heavy atom. The Morgan fingerprint density at radius 2 is 1.71 bits per heavy atom. The predicted octanol–water partition coefficient (Wildman–Crippen LogP) is 6.73. The van der Waals surface area contributed by atoms with Gasteiger partial charge in [0.15, 0.2) is 17.3 Å². The number of amides is 1. The van der Waals surface area contributed by atoms with Crippen molar-refractivity contribution in [1.29, 1.82) is 0 Å². The van der Waals surface area contributed by atoms with E-state index in [-0.39, 0.29) is 18.3 Å². The highest BCUT2D eigenvalue weighted by Crippen LogP contribution is 2.27. The number of anilines is 1. The molecule has 4 aromatic rings. The number of hydrogen-bond donors (Lipinski definition) is 1. The molecule has 0 spiro atoms. The molecule has 0 saturated heterocycles. The number of ether oxygens (including phenoxy) is 2. The van der Waals surface area contributed by atoms with Gasteiger partial charge in [-0.25, -0.2) is 0 Å². The Kier molecular flexibility index (Phi) is 7.63. The lowest BCUT2D eigenvalue weighted by Crippen LogP contribution is -2.13. The SMILES string of the molecule is COc1ccccc1OCc1cccc(C(=O)Nc2nn(Cc3ccc(Cl)c(Cl)c3)cc2Cl)c1. The monoisotopic (exact) mass is 515 g/mol. The average molecular weight is 517 g/mol. The molecule has 0 radical (unpaired) electrons. The Labute approximate surface area is 212 Å². The molecule has 6 nitrogen and oxygen atoms in total. The number of carbonyl (C=O) groups excluding carboxylic acids is 1. The van der Waals surface area contributed by atoms with E-state index in [1.165, 1.54) is 0 Å². The molecule has 0 aliphatic heterocycles. The van der Waals surface area contributed by atoms with Gasteiger partial charge < -0.3 is 14.8 Å². The smallest absolute Gasteiger partial charge is 0.256 e. The van der Waals surface area contributed by atoms with Crippen molar-refractivity contribution in [3.63, 3.8) is 0 Å². The second kappa shape index (κ2) is 10.8. The van der Waals surface area contributed by atoms with E-state index in [0.717, 1.165) is 11.1 Å². The molecule has 0 unspecified atom stereocenters. The van der Waals surface area contributed by atoms with E-state index in [4.69, 9.17) is 44.3 Å². The lowest BCUT2D eigenvalue weighted by Gasteiger charge is -2.11. The minimum atomic E-state index is -0.333. The van der Waals surface area contributed by atoms with Crippen LogP contribution in [-0.2, 0) is 13.2 Å².